The van der Waals surface area contributed by atoms with Gasteiger partial charge >= 0.3 is 0 Å². The van der Waals surface area contributed by atoms with Gasteiger partial charge in [-0.3, -0.25) is 4.79 Å². The number of amides is 1. The van der Waals surface area contributed by atoms with Crippen molar-refractivity contribution in [3.63, 3.8) is 0 Å². The van der Waals surface area contributed by atoms with Crippen molar-refractivity contribution in [1.29, 1.82) is 0 Å². The Kier molecular flexibility index (Phi) is 8.13. The Labute approximate surface area is 172 Å². The normalized spacial score (nSPS) is 10.7. The molecule has 0 saturated heterocycles. The lowest BCUT2D eigenvalue weighted by Gasteiger charge is -2.16. The van der Waals surface area contributed by atoms with Crippen LogP contribution >= 0.6 is 15.9 Å². The fourth-order valence-electron chi connectivity index (χ4n) is 2.37. The van der Waals surface area contributed by atoms with Crippen LogP contribution in [0.4, 0.5) is 0 Å². The summed E-state index contributed by atoms with van der Waals surface area (Å²) in [6.07, 6.45) is 1.36. The maximum absolute atomic E-state index is 12.5. The standard InChI is InChI=1S/C20H23BrN2O5/c1-4-26-17-10-13(11-18(27-5-2)19(17)28-6-3)20(25)23-22-12-14-9-15(21)7-8-16(14)24/h7-12,24H,4-6H2,1-3H3,(H,23,25)/b22-12+. The van der Waals surface area contributed by atoms with E-state index in [9.17, 15) is 9.90 Å². The van der Waals surface area contributed by atoms with Gasteiger partial charge in [-0.1, -0.05) is 15.9 Å². The van der Waals surface area contributed by atoms with Crippen molar-refractivity contribution in [2.24, 2.45) is 5.10 Å². The predicted octanol–water partition coefficient (Wildman–Crippen LogP) is 4.11. The van der Waals surface area contributed by atoms with Gasteiger partial charge in [-0.15, -0.1) is 0 Å². The minimum Gasteiger partial charge on any atom is -0.507 e. The van der Waals surface area contributed by atoms with Crippen molar-refractivity contribution < 1.29 is 24.1 Å². The topological polar surface area (TPSA) is 89.4 Å². The lowest BCUT2D eigenvalue weighted by molar-refractivity contribution is 0.0954. The molecule has 7 nitrogen and oxygen atoms in total. The van der Waals surface area contributed by atoms with E-state index in [-0.39, 0.29) is 5.75 Å². The van der Waals surface area contributed by atoms with Crippen LogP contribution in [0.25, 0.3) is 0 Å². The van der Waals surface area contributed by atoms with Crippen molar-refractivity contribution in [3.8, 4) is 23.0 Å². The van der Waals surface area contributed by atoms with Crippen molar-refractivity contribution in [2.45, 2.75) is 20.8 Å². The molecule has 0 aliphatic rings. The second-order valence-electron chi connectivity index (χ2n) is 5.50. The third-order valence-electron chi connectivity index (χ3n) is 3.53. The fraction of sp³-hybridized carbons (Fsp3) is 0.300. The van der Waals surface area contributed by atoms with Crippen molar-refractivity contribution >= 4 is 28.1 Å². The summed E-state index contributed by atoms with van der Waals surface area (Å²) in [5.74, 6) is 0.920. The second kappa shape index (κ2) is 10.6. The van der Waals surface area contributed by atoms with Crippen LogP contribution in [0, 0.1) is 0 Å². The van der Waals surface area contributed by atoms with Crippen molar-refractivity contribution in [2.75, 3.05) is 19.8 Å². The first-order valence-electron chi connectivity index (χ1n) is 8.88. The zero-order valence-corrected chi connectivity index (χ0v) is 17.6. The number of hydrazone groups is 1. The van der Waals surface area contributed by atoms with Crippen molar-refractivity contribution in [1.82, 2.24) is 5.43 Å². The molecular formula is C20H23BrN2O5. The molecule has 2 aromatic carbocycles. The average molecular weight is 451 g/mol. The van der Waals surface area contributed by atoms with Gasteiger partial charge in [0.25, 0.3) is 5.91 Å². The maximum atomic E-state index is 12.5. The number of nitrogens with zero attached hydrogens (tertiary/aromatic N) is 1. The molecule has 1 amide bonds. The molecule has 2 N–H and O–H groups in total. The van der Waals surface area contributed by atoms with Crippen LogP contribution in [0.3, 0.4) is 0 Å². The summed E-state index contributed by atoms with van der Waals surface area (Å²) in [6, 6.07) is 8.08. The highest BCUT2D eigenvalue weighted by Gasteiger charge is 2.18. The van der Waals surface area contributed by atoms with Gasteiger partial charge in [0.05, 0.1) is 26.0 Å². The molecule has 28 heavy (non-hydrogen) atoms. The first-order valence-corrected chi connectivity index (χ1v) is 9.67. The third-order valence-corrected chi connectivity index (χ3v) is 4.02. The van der Waals surface area contributed by atoms with E-state index in [0.717, 1.165) is 4.47 Å². The SMILES string of the molecule is CCOc1cc(C(=O)N/N=C/c2cc(Br)ccc2O)cc(OCC)c1OCC. The van der Waals surface area contributed by atoms with Crippen LogP contribution in [0.15, 0.2) is 39.9 Å². The van der Waals surface area contributed by atoms with E-state index in [2.05, 4.69) is 26.5 Å². The minimum atomic E-state index is -0.448. The molecule has 0 radical (unpaired) electrons. The lowest BCUT2D eigenvalue weighted by Crippen LogP contribution is -2.18. The summed E-state index contributed by atoms with van der Waals surface area (Å²) >= 11 is 3.32. The summed E-state index contributed by atoms with van der Waals surface area (Å²) in [5.41, 5.74) is 3.21. The minimum absolute atomic E-state index is 0.0551. The number of halogens is 1. The molecule has 0 bridgehead atoms. The van der Waals surface area contributed by atoms with Crippen LogP contribution in [0.2, 0.25) is 0 Å². The number of phenols is 1. The monoisotopic (exact) mass is 450 g/mol. The molecule has 0 spiro atoms. The molecule has 0 unspecified atom stereocenters. The van der Waals surface area contributed by atoms with Crippen LogP contribution in [0.5, 0.6) is 23.0 Å². The molecule has 0 fully saturated rings. The summed E-state index contributed by atoms with van der Waals surface area (Å²) in [5, 5.41) is 13.7. The number of hydrogen-bond acceptors (Lipinski definition) is 6. The van der Waals surface area contributed by atoms with Gasteiger partial charge in [0.15, 0.2) is 11.5 Å². The molecule has 0 atom stereocenters. The van der Waals surface area contributed by atoms with Crippen LogP contribution < -0.4 is 19.6 Å². The summed E-state index contributed by atoms with van der Waals surface area (Å²) in [4.78, 5) is 12.5. The van der Waals surface area contributed by atoms with Gasteiger partial charge in [-0.2, -0.15) is 5.10 Å². The molecule has 8 heteroatoms. The van der Waals surface area contributed by atoms with E-state index >= 15 is 0 Å². The Hall–Kier alpha value is -2.74. The predicted molar refractivity (Wildman–Crippen MR) is 111 cm³/mol. The number of carbonyl (C=O) groups excluding carboxylic acids is 1. The highest BCUT2D eigenvalue weighted by Crippen LogP contribution is 2.39. The highest BCUT2D eigenvalue weighted by molar-refractivity contribution is 9.10. The molecule has 0 aliphatic carbocycles. The Morgan fingerprint density at radius 3 is 2.25 bits per heavy atom. The lowest BCUT2D eigenvalue weighted by atomic mass is 10.1. The first-order chi connectivity index (χ1) is 13.5. The fourth-order valence-corrected chi connectivity index (χ4v) is 2.75. The van der Waals surface area contributed by atoms with E-state index in [4.69, 9.17) is 14.2 Å². The van der Waals surface area contributed by atoms with Gasteiger partial charge in [-0.25, -0.2) is 5.43 Å². The number of carbonyl (C=O) groups is 1. The number of rotatable bonds is 9. The van der Waals surface area contributed by atoms with Gasteiger partial charge in [0.2, 0.25) is 5.75 Å². The van der Waals surface area contributed by atoms with Gasteiger partial charge < -0.3 is 19.3 Å². The molecule has 0 aliphatic heterocycles. The molecule has 0 aromatic heterocycles. The zero-order chi connectivity index (χ0) is 20.5. The zero-order valence-electron chi connectivity index (χ0n) is 16.0. The van der Waals surface area contributed by atoms with Gasteiger partial charge in [0.1, 0.15) is 5.75 Å². The molecule has 2 rings (SSSR count). The Morgan fingerprint density at radius 1 is 1.07 bits per heavy atom. The van der Waals surface area contributed by atoms with Crippen LogP contribution in [-0.4, -0.2) is 37.0 Å². The Balaban J connectivity index is 2.26. The van der Waals surface area contributed by atoms with E-state index < -0.39 is 5.91 Å². The number of nitrogens with one attached hydrogen (secondary N) is 1. The summed E-state index contributed by atoms with van der Waals surface area (Å²) < 4.78 is 17.6. The maximum Gasteiger partial charge on any atom is 0.271 e. The molecular weight excluding hydrogens is 428 g/mol. The quantitative estimate of drug-likeness (QED) is 0.443. The number of phenolic OH excluding ortho intramolecular Hbond substituents is 1. The molecule has 150 valence electrons. The Bertz CT molecular complexity index is 827. The smallest absolute Gasteiger partial charge is 0.271 e. The molecule has 2 aromatic rings. The number of hydrogen-bond donors (Lipinski definition) is 2. The number of ether oxygens (including phenoxy) is 3. The van der Waals surface area contributed by atoms with Crippen molar-refractivity contribution in [3.05, 3.63) is 45.9 Å². The van der Waals surface area contributed by atoms with Gasteiger partial charge in [0, 0.05) is 15.6 Å². The van der Waals surface area contributed by atoms with Crippen LogP contribution in [-0.2, 0) is 0 Å². The third kappa shape index (κ3) is 5.63. The van der Waals surface area contributed by atoms with E-state index in [1.165, 1.54) is 12.3 Å². The number of benzene rings is 2. The summed E-state index contributed by atoms with van der Waals surface area (Å²) in [6.45, 7) is 6.81. The second-order valence-corrected chi connectivity index (χ2v) is 6.42. The van der Waals surface area contributed by atoms with E-state index in [1.807, 2.05) is 20.8 Å². The van der Waals surface area contributed by atoms with E-state index in [0.29, 0.717) is 48.2 Å². The largest absolute Gasteiger partial charge is 0.507 e. The average Bonchev–Trinajstić information content (AvgIpc) is 2.67. The summed E-state index contributed by atoms with van der Waals surface area (Å²) in [7, 11) is 0. The Morgan fingerprint density at radius 2 is 1.68 bits per heavy atom. The van der Waals surface area contributed by atoms with Gasteiger partial charge in [-0.05, 0) is 51.1 Å². The van der Waals surface area contributed by atoms with Crippen LogP contribution in [0.1, 0.15) is 36.7 Å². The number of aromatic hydroxyl groups is 1. The molecule has 0 heterocycles. The molecule has 0 saturated carbocycles. The van der Waals surface area contributed by atoms with E-state index in [1.54, 1.807) is 24.3 Å². The first kappa shape index (κ1) is 21.6. The highest BCUT2D eigenvalue weighted by atomic mass is 79.9.